The van der Waals surface area contributed by atoms with Crippen LogP contribution < -0.4 is 10.6 Å². The lowest BCUT2D eigenvalue weighted by Crippen LogP contribution is -2.26. The van der Waals surface area contributed by atoms with Gasteiger partial charge in [-0.3, -0.25) is 4.79 Å². The molecule has 6 heteroatoms. The third-order valence-corrected chi connectivity index (χ3v) is 3.83. The Bertz CT molecular complexity index is 862. The molecule has 0 radical (unpaired) electrons. The monoisotopic (exact) mass is 350 g/mol. The molecule has 1 amide bonds. The SMILES string of the molecule is Cc1ccc(Nc2ncc(C(=O)NCCc3ccc(F)cc3)cn2)cc1. The maximum atomic E-state index is 12.9. The van der Waals surface area contributed by atoms with E-state index in [-0.39, 0.29) is 11.7 Å². The van der Waals surface area contributed by atoms with Gasteiger partial charge in [-0.15, -0.1) is 0 Å². The highest BCUT2D eigenvalue weighted by Gasteiger charge is 2.07. The van der Waals surface area contributed by atoms with E-state index in [0.29, 0.717) is 24.5 Å². The topological polar surface area (TPSA) is 66.9 Å². The molecule has 5 nitrogen and oxygen atoms in total. The lowest BCUT2D eigenvalue weighted by molar-refractivity contribution is 0.0953. The molecule has 0 aliphatic rings. The zero-order chi connectivity index (χ0) is 18.4. The van der Waals surface area contributed by atoms with Crippen molar-refractivity contribution < 1.29 is 9.18 Å². The average Bonchev–Trinajstić information content (AvgIpc) is 2.66. The van der Waals surface area contributed by atoms with Crippen LogP contribution in [0.5, 0.6) is 0 Å². The number of aryl methyl sites for hydroxylation is 1. The molecular formula is C20H19FN4O. The molecule has 26 heavy (non-hydrogen) atoms. The molecule has 0 unspecified atom stereocenters. The van der Waals surface area contributed by atoms with Crippen LogP contribution >= 0.6 is 0 Å². The predicted octanol–water partition coefficient (Wildman–Crippen LogP) is 3.64. The van der Waals surface area contributed by atoms with Crippen molar-refractivity contribution in [3.8, 4) is 0 Å². The molecule has 0 bridgehead atoms. The molecule has 132 valence electrons. The van der Waals surface area contributed by atoms with Gasteiger partial charge >= 0.3 is 0 Å². The van der Waals surface area contributed by atoms with E-state index in [4.69, 9.17) is 0 Å². The molecule has 1 aromatic heterocycles. The lowest BCUT2D eigenvalue weighted by Gasteiger charge is -2.07. The molecule has 0 saturated carbocycles. The number of anilines is 2. The third-order valence-electron chi connectivity index (χ3n) is 3.83. The Morgan fingerprint density at radius 1 is 1.00 bits per heavy atom. The number of hydrogen-bond acceptors (Lipinski definition) is 4. The van der Waals surface area contributed by atoms with Crippen molar-refractivity contribution in [2.75, 3.05) is 11.9 Å². The number of hydrogen-bond donors (Lipinski definition) is 2. The van der Waals surface area contributed by atoms with E-state index in [9.17, 15) is 9.18 Å². The first-order valence-electron chi connectivity index (χ1n) is 8.28. The van der Waals surface area contributed by atoms with Gasteiger partial charge in [0.15, 0.2) is 0 Å². The molecule has 0 spiro atoms. The van der Waals surface area contributed by atoms with Crippen LogP contribution in [-0.2, 0) is 6.42 Å². The maximum absolute atomic E-state index is 12.9. The Labute approximate surface area is 151 Å². The van der Waals surface area contributed by atoms with E-state index in [0.717, 1.165) is 11.3 Å². The minimum absolute atomic E-state index is 0.242. The number of rotatable bonds is 6. The fourth-order valence-corrected chi connectivity index (χ4v) is 2.35. The van der Waals surface area contributed by atoms with Crippen LogP contribution in [-0.4, -0.2) is 22.4 Å². The first-order valence-corrected chi connectivity index (χ1v) is 8.28. The highest BCUT2D eigenvalue weighted by Crippen LogP contribution is 2.13. The fraction of sp³-hybridized carbons (Fsp3) is 0.150. The standard InChI is InChI=1S/C20H19FN4O/c1-14-2-8-18(9-3-14)25-20-23-12-16(13-24-20)19(26)22-11-10-15-4-6-17(21)7-5-15/h2-9,12-13H,10-11H2,1H3,(H,22,26)(H,23,24,25). The Hall–Kier alpha value is -3.28. The molecular weight excluding hydrogens is 331 g/mol. The average molecular weight is 350 g/mol. The van der Waals surface area contributed by atoms with Crippen molar-refractivity contribution in [3.63, 3.8) is 0 Å². The molecule has 0 fully saturated rings. The quantitative estimate of drug-likeness (QED) is 0.712. The van der Waals surface area contributed by atoms with Crippen LogP contribution in [0.4, 0.5) is 16.0 Å². The van der Waals surface area contributed by atoms with Gasteiger partial charge in [0.2, 0.25) is 5.95 Å². The lowest BCUT2D eigenvalue weighted by atomic mass is 10.1. The summed E-state index contributed by atoms with van der Waals surface area (Å²) < 4.78 is 12.9. The summed E-state index contributed by atoms with van der Waals surface area (Å²) >= 11 is 0. The van der Waals surface area contributed by atoms with Gasteiger partial charge < -0.3 is 10.6 Å². The third kappa shape index (κ3) is 4.86. The van der Waals surface area contributed by atoms with Crippen molar-refractivity contribution in [1.29, 1.82) is 0 Å². The summed E-state index contributed by atoms with van der Waals surface area (Å²) in [6.07, 6.45) is 3.59. The van der Waals surface area contributed by atoms with Crippen molar-refractivity contribution in [3.05, 3.63) is 83.4 Å². The minimum Gasteiger partial charge on any atom is -0.352 e. The number of benzene rings is 2. The molecule has 1 heterocycles. The Morgan fingerprint density at radius 2 is 1.65 bits per heavy atom. The molecule has 0 aliphatic heterocycles. The molecule has 0 atom stereocenters. The minimum atomic E-state index is -0.269. The Morgan fingerprint density at radius 3 is 2.31 bits per heavy atom. The molecule has 3 aromatic rings. The fourth-order valence-electron chi connectivity index (χ4n) is 2.35. The summed E-state index contributed by atoms with van der Waals surface area (Å²) in [7, 11) is 0. The first-order chi connectivity index (χ1) is 12.6. The normalized spacial score (nSPS) is 10.4. The van der Waals surface area contributed by atoms with Gasteiger partial charge in [0.05, 0.1) is 5.56 Å². The summed E-state index contributed by atoms with van der Waals surface area (Å²) in [6.45, 7) is 2.47. The zero-order valence-corrected chi connectivity index (χ0v) is 14.4. The van der Waals surface area contributed by atoms with E-state index < -0.39 is 0 Å². The summed E-state index contributed by atoms with van der Waals surface area (Å²) in [5.74, 6) is -0.0833. The van der Waals surface area contributed by atoms with E-state index in [1.54, 1.807) is 12.1 Å². The molecule has 2 N–H and O–H groups in total. The Kier molecular flexibility index (Phi) is 5.53. The van der Waals surface area contributed by atoms with Gasteiger partial charge in [0, 0.05) is 24.6 Å². The first kappa shape index (κ1) is 17.5. The summed E-state index contributed by atoms with van der Waals surface area (Å²) in [4.78, 5) is 20.5. The van der Waals surface area contributed by atoms with Gasteiger partial charge in [0.25, 0.3) is 5.91 Å². The molecule has 0 aliphatic carbocycles. The van der Waals surface area contributed by atoms with Crippen LogP contribution in [0, 0.1) is 12.7 Å². The molecule has 0 saturated heterocycles. The van der Waals surface area contributed by atoms with Crippen LogP contribution in [0.15, 0.2) is 60.9 Å². The van der Waals surface area contributed by atoms with Gasteiger partial charge in [-0.25, -0.2) is 14.4 Å². The Balaban J connectivity index is 1.51. The summed E-state index contributed by atoms with van der Waals surface area (Å²) in [5.41, 5.74) is 3.40. The number of amides is 1. The maximum Gasteiger partial charge on any atom is 0.254 e. The largest absolute Gasteiger partial charge is 0.352 e. The van der Waals surface area contributed by atoms with E-state index >= 15 is 0 Å². The van der Waals surface area contributed by atoms with Gasteiger partial charge in [-0.05, 0) is 43.2 Å². The van der Waals surface area contributed by atoms with Crippen molar-refractivity contribution in [2.45, 2.75) is 13.3 Å². The van der Waals surface area contributed by atoms with E-state index in [1.807, 2.05) is 31.2 Å². The van der Waals surface area contributed by atoms with Crippen molar-refractivity contribution in [1.82, 2.24) is 15.3 Å². The number of aromatic nitrogens is 2. The highest BCUT2D eigenvalue weighted by molar-refractivity contribution is 5.93. The number of carbonyl (C=O) groups is 1. The van der Waals surface area contributed by atoms with Crippen LogP contribution in [0.2, 0.25) is 0 Å². The van der Waals surface area contributed by atoms with Gasteiger partial charge in [-0.2, -0.15) is 0 Å². The second-order valence-electron chi connectivity index (χ2n) is 5.92. The van der Waals surface area contributed by atoms with Crippen LogP contribution in [0.25, 0.3) is 0 Å². The summed E-state index contributed by atoms with van der Waals surface area (Å²) in [5, 5.41) is 5.89. The van der Waals surface area contributed by atoms with Crippen LogP contribution in [0.3, 0.4) is 0 Å². The highest BCUT2D eigenvalue weighted by atomic mass is 19.1. The second kappa shape index (κ2) is 8.20. The second-order valence-corrected chi connectivity index (χ2v) is 5.92. The summed E-state index contributed by atoms with van der Waals surface area (Å²) in [6, 6.07) is 14.1. The van der Waals surface area contributed by atoms with Crippen LogP contribution in [0.1, 0.15) is 21.5 Å². The van der Waals surface area contributed by atoms with E-state index in [2.05, 4.69) is 20.6 Å². The predicted molar refractivity (Wildman–Crippen MR) is 98.9 cm³/mol. The molecule has 2 aromatic carbocycles. The number of nitrogens with one attached hydrogen (secondary N) is 2. The number of carbonyl (C=O) groups excluding carboxylic acids is 1. The number of halogens is 1. The zero-order valence-electron chi connectivity index (χ0n) is 14.4. The smallest absolute Gasteiger partial charge is 0.254 e. The van der Waals surface area contributed by atoms with Gasteiger partial charge in [-0.1, -0.05) is 29.8 Å². The van der Waals surface area contributed by atoms with E-state index in [1.165, 1.54) is 30.1 Å². The molecule has 3 rings (SSSR count). The number of nitrogens with zero attached hydrogens (tertiary/aromatic N) is 2. The van der Waals surface area contributed by atoms with Crippen molar-refractivity contribution >= 4 is 17.5 Å². The van der Waals surface area contributed by atoms with Crippen molar-refractivity contribution in [2.24, 2.45) is 0 Å². The van der Waals surface area contributed by atoms with Gasteiger partial charge in [0.1, 0.15) is 5.82 Å².